The third-order valence-electron chi connectivity index (χ3n) is 2.53. The average molecular weight is 267 g/mol. The maximum Gasteiger partial charge on any atom is 0.276 e. The molecule has 0 saturated heterocycles. The number of hydrogen-bond donors (Lipinski definition) is 2. The summed E-state index contributed by atoms with van der Waals surface area (Å²) in [7, 11) is 0. The highest BCUT2D eigenvalue weighted by Gasteiger charge is 2.08. The van der Waals surface area contributed by atoms with E-state index in [9.17, 15) is 4.79 Å². The number of carbonyl (C=O) groups is 1. The molecule has 0 unspecified atom stereocenters. The van der Waals surface area contributed by atoms with Crippen LogP contribution in [0.4, 0.5) is 11.5 Å². The predicted molar refractivity (Wildman–Crippen MR) is 75.3 cm³/mol. The topological polar surface area (TPSA) is 90.7 Å². The Bertz CT molecular complexity index is 628. The lowest BCUT2D eigenvalue weighted by atomic mass is 10.2. The van der Waals surface area contributed by atoms with Crippen LogP contribution in [0.1, 0.15) is 23.0 Å². The number of rotatable bonds is 4. The molecule has 6 nitrogen and oxygen atoms in total. The monoisotopic (exact) mass is 267 g/mol. The largest absolute Gasteiger partial charge is 0.369 e. The maximum atomic E-state index is 11.9. The minimum atomic E-state index is -0.342. The van der Waals surface area contributed by atoms with E-state index in [1.54, 1.807) is 36.4 Å². The highest BCUT2D eigenvalue weighted by molar-refractivity contribution is 6.02. The van der Waals surface area contributed by atoms with Gasteiger partial charge in [0.2, 0.25) is 0 Å². The second-order valence-corrected chi connectivity index (χ2v) is 3.98. The van der Waals surface area contributed by atoms with Crippen LogP contribution in [-0.2, 0) is 0 Å². The van der Waals surface area contributed by atoms with Crippen molar-refractivity contribution in [2.75, 3.05) is 17.2 Å². The highest BCUT2D eigenvalue weighted by atomic mass is 16.1. The predicted octanol–water partition coefficient (Wildman–Crippen LogP) is 2.03. The Morgan fingerprint density at radius 3 is 2.50 bits per heavy atom. The van der Waals surface area contributed by atoms with Crippen molar-refractivity contribution in [1.29, 1.82) is 5.26 Å². The first kappa shape index (κ1) is 13.5. The molecule has 0 aliphatic heterocycles. The van der Waals surface area contributed by atoms with E-state index in [1.165, 1.54) is 0 Å². The van der Waals surface area contributed by atoms with Crippen LogP contribution in [0.15, 0.2) is 36.4 Å². The lowest BCUT2D eigenvalue weighted by Crippen LogP contribution is -2.14. The number of nitriles is 1. The molecule has 0 bridgehead atoms. The fourth-order valence-corrected chi connectivity index (χ4v) is 1.55. The number of anilines is 2. The third-order valence-corrected chi connectivity index (χ3v) is 2.53. The second-order valence-electron chi connectivity index (χ2n) is 3.98. The summed E-state index contributed by atoms with van der Waals surface area (Å²) in [6.45, 7) is 2.69. The van der Waals surface area contributed by atoms with Crippen LogP contribution in [-0.4, -0.2) is 22.6 Å². The molecule has 1 heterocycles. The first-order valence-electron chi connectivity index (χ1n) is 6.12. The molecule has 0 spiro atoms. The molecule has 6 heteroatoms. The van der Waals surface area contributed by atoms with E-state index >= 15 is 0 Å². The van der Waals surface area contributed by atoms with Gasteiger partial charge < -0.3 is 10.6 Å². The molecule has 0 aliphatic rings. The summed E-state index contributed by atoms with van der Waals surface area (Å²) in [6.07, 6.45) is 0. The van der Waals surface area contributed by atoms with E-state index < -0.39 is 0 Å². The van der Waals surface area contributed by atoms with E-state index in [2.05, 4.69) is 20.8 Å². The standard InChI is InChI=1S/C14H13N5O/c1-2-16-13-8-7-12(18-19-13)14(20)17-11-5-3-10(9-15)4-6-11/h3-8H,2H2,1H3,(H,16,19)(H,17,20). The number of carbonyl (C=O) groups excluding carboxylic acids is 1. The summed E-state index contributed by atoms with van der Waals surface area (Å²) in [5, 5.41) is 22.1. The molecule has 20 heavy (non-hydrogen) atoms. The lowest BCUT2D eigenvalue weighted by Gasteiger charge is -2.05. The number of aromatic nitrogens is 2. The van der Waals surface area contributed by atoms with Crippen molar-refractivity contribution >= 4 is 17.4 Å². The summed E-state index contributed by atoms with van der Waals surface area (Å²) >= 11 is 0. The van der Waals surface area contributed by atoms with Gasteiger partial charge in [-0.05, 0) is 43.3 Å². The van der Waals surface area contributed by atoms with E-state index in [0.717, 1.165) is 6.54 Å². The normalized spacial score (nSPS) is 9.60. The Kier molecular flexibility index (Phi) is 4.24. The number of nitrogens with zero attached hydrogens (tertiary/aromatic N) is 3. The molecular weight excluding hydrogens is 254 g/mol. The zero-order valence-corrected chi connectivity index (χ0v) is 10.9. The first-order chi connectivity index (χ1) is 9.72. The minimum absolute atomic E-state index is 0.232. The van der Waals surface area contributed by atoms with Gasteiger partial charge in [-0.2, -0.15) is 5.26 Å². The van der Waals surface area contributed by atoms with Crippen molar-refractivity contribution in [3.8, 4) is 6.07 Å². The van der Waals surface area contributed by atoms with E-state index in [4.69, 9.17) is 5.26 Å². The van der Waals surface area contributed by atoms with Crippen LogP contribution in [0.2, 0.25) is 0 Å². The Morgan fingerprint density at radius 1 is 1.20 bits per heavy atom. The Morgan fingerprint density at radius 2 is 1.95 bits per heavy atom. The Balaban J connectivity index is 2.05. The lowest BCUT2D eigenvalue weighted by molar-refractivity contribution is 0.102. The van der Waals surface area contributed by atoms with E-state index in [1.807, 2.05) is 13.0 Å². The summed E-state index contributed by atoms with van der Waals surface area (Å²) in [4.78, 5) is 11.9. The van der Waals surface area contributed by atoms with Gasteiger partial charge in [0.15, 0.2) is 5.69 Å². The zero-order valence-electron chi connectivity index (χ0n) is 10.9. The summed E-state index contributed by atoms with van der Waals surface area (Å²) in [5.41, 5.74) is 1.38. The van der Waals surface area contributed by atoms with Crippen LogP contribution >= 0.6 is 0 Å². The van der Waals surface area contributed by atoms with Crippen molar-refractivity contribution < 1.29 is 4.79 Å². The molecular formula is C14H13N5O. The van der Waals surface area contributed by atoms with Gasteiger partial charge in [0.1, 0.15) is 5.82 Å². The van der Waals surface area contributed by atoms with Crippen LogP contribution in [0.5, 0.6) is 0 Å². The van der Waals surface area contributed by atoms with E-state index in [0.29, 0.717) is 17.1 Å². The van der Waals surface area contributed by atoms with Crippen molar-refractivity contribution in [1.82, 2.24) is 10.2 Å². The van der Waals surface area contributed by atoms with Crippen molar-refractivity contribution in [3.05, 3.63) is 47.7 Å². The quantitative estimate of drug-likeness (QED) is 0.884. The van der Waals surface area contributed by atoms with Crippen molar-refractivity contribution in [2.45, 2.75) is 6.92 Å². The van der Waals surface area contributed by atoms with Crippen molar-refractivity contribution in [2.24, 2.45) is 0 Å². The van der Waals surface area contributed by atoms with Crippen LogP contribution < -0.4 is 10.6 Å². The molecule has 0 radical (unpaired) electrons. The molecule has 0 saturated carbocycles. The zero-order chi connectivity index (χ0) is 14.4. The summed E-state index contributed by atoms with van der Waals surface area (Å²) in [5.74, 6) is 0.285. The highest BCUT2D eigenvalue weighted by Crippen LogP contribution is 2.10. The smallest absolute Gasteiger partial charge is 0.276 e. The van der Waals surface area contributed by atoms with Crippen LogP contribution in [0.25, 0.3) is 0 Å². The molecule has 2 rings (SSSR count). The van der Waals surface area contributed by atoms with Gasteiger partial charge in [0, 0.05) is 12.2 Å². The van der Waals surface area contributed by atoms with Gasteiger partial charge in [-0.15, -0.1) is 10.2 Å². The van der Waals surface area contributed by atoms with Gasteiger partial charge in [-0.3, -0.25) is 4.79 Å². The number of hydrogen-bond acceptors (Lipinski definition) is 5. The molecule has 0 fully saturated rings. The van der Waals surface area contributed by atoms with Gasteiger partial charge in [-0.1, -0.05) is 0 Å². The van der Waals surface area contributed by atoms with Crippen LogP contribution in [0, 0.1) is 11.3 Å². The molecule has 1 aromatic carbocycles. The maximum absolute atomic E-state index is 11.9. The molecule has 2 aromatic rings. The molecule has 0 atom stereocenters. The SMILES string of the molecule is CCNc1ccc(C(=O)Nc2ccc(C#N)cc2)nn1. The summed E-state index contributed by atoms with van der Waals surface area (Å²) in [6, 6.07) is 11.9. The third kappa shape index (κ3) is 3.29. The number of nitrogens with one attached hydrogen (secondary N) is 2. The molecule has 100 valence electrons. The van der Waals surface area contributed by atoms with E-state index in [-0.39, 0.29) is 11.6 Å². The molecule has 2 N–H and O–H groups in total. The number of amides is 1. The van der Waals surface area contributed by atoms with Gasteiger partial charge in [-0.25, -0.2) is 0 Å². The minimum Gasteiger partial charge on any atom is -0.369 e. The number of benzene rings is 1. The second kappa shape index (κ2) is 6.29. The fourth-order valence-electron chi connectivity index (χ4n) is 1.55. The molecule has 1 amide bonds. The molecule has 0 aliphatic carbocycles. The average Bonchev–Trinajstić information content (AvgIpc) is 2.49. The van der Waals surface area contributed by atoms with Crippen LogP contribution in [0.3, 0.4) is 0 Å². The molecule has 1 aromatic heterocycles. The summed E-state index contributed by atoms with van der Waals surface area (Å²) < 4.78 is 0. The first-order valence-corrected chi connectivity index (χ1v) is 6.12. The van der Waals surface area contributed by atoms with Crippen molar-refractivity contribution in [3.63, 3.8) is 0 Å². The Hall–Kier alpha value is -2.94. The van der Waals surface area contributed by atoms with Gasteiger partial charge >= 0.3 is 0 Å². The van der Waals surface area contributed by atoms with Gasteiger partial charge in [0.05, 0.1) is 11.6 Å². The fraction of sp³-hybridized carbons (Fsp3) is 0.143. The van der Waals surface area contributed by atoms with Gasteiger partial charge in [0.25, 0.3) is 5.91 Å². The Labute approximate surface area is 116 Å².